The summed E-state index contributed by atoms with van der Waals surface area (Å²) in [6.07, 6.45) is 0.704. The standard InChI is InChI=1S/C8H12N2O3/c9-4-5-1-8(13,2-5)3-6(10)7(11)12/h5-6,13H,1-3,10H2,(H,11,12)/t5?,6-,8?/m0/s1. The van der Waals surface area contributed by atoms with Gasteiger partial charge in [-0.25, -0.2) is 0 Å². The Bertz CT molecular complexity index is 253. The van der Waals surface area contributed by atoms with E-state index in [9.17, 15) is 9.90 Å². The van der Waals surface area contributed by atoms with Crippen LogP contribution < -0.4 is 5.73 Å². The maximum atomic E-state index is 10.4. The SMILES string of the molecule is N#CC1CC(O)(C[C@H](N)C(=O)O)C1. The molecule has 1 saturated carbocycles. The number of carbonyl (C=O) groups is 1. The first-order chi connectivity index (χ1) is 5.97. The first-order valence-electron chi connectivity index (χ1n) is 4.07. The van der Waals surface area contributed by atoms with Crippen LogP contribution in [0, 0.1) is 17.2 Å². The molecule has 1 aliphatic carbocycles. The van der Waals surface area contributed by atoms with Crippen LogP contribution in [0.5, 0.6) is 0 Å². The summed E-state index contributed by atoms with van der Waals surface area (Å²) in [6, 6.07) is 0.973. The minimum absolute atomic E-state index is 0.0283. The van der Waals surface area contributed by atoms with Gasteiger partial charge in [-0.05, 0) is 12.8 Å². The Balaban J connectivity index is 2.39. The second-order valence-electron chi connectivity index (χ2n) is 3.61. The summed E-state index contributed by atoms with van der Waals surface area (Å²) >= 11 is 0. The quantitative estimate of drug-likeness (QED) is 0.545. The van der Waals surface area contributed by atoms with Gasteiger partial charge in [0.1, 0.15) is 6.04 Å². The molecule has 0 amide bonds. The number of rotatable bonds is 3. The average Bonchev–Trinajstić information content (AvgIpc) is 1.99. The Morgan fingerprint density at radius 2 is 2.31 bits per heavy atom. The van der Waals surface area contributed by atoms with E-state index in [1.165, 1.54) is 0 Å². The van der Waals surface area contributed by atoms with Crippen molar-refractivity contribution in [1.82, 2.24) is 0 Å². The molecule has 1 atom stereocenters. The molecule has 0 radical (unpaired) electrons. The molecule has 72 valence electrons. The molecule has 13 heavy (non-hydrogen) atoms. The molecule has 1 rings (SSSR count). The van der Waals surface area contributed by atoms with Crippen LogP contribution in [0.15, 0.2) is 0 Å². The van der Waals surface area contributed by atoms with E-state index in [4.69, 9.17) is 16.1 Å². The number of nitriles is 1. The molecule has 0 aliphatic heterocycles. The number of nitrogens with zero attached hydrogens (tertiary/aromatic N) is 1. The molecular weight excluding hydrogens is 172 g/mol. The van der Waals surface area contributed by atoms with Crippen molar-refractivity contribution in [2.75, 3.05) is 0 Å². The minimum Gasteiger partial charge on any atom is -0.480 e. The van der Waals surface area contributed by atoms with Gasteiger partial charge in [-0.1, -0.05) is 0 Å². The van der Waals surface area contributed by atoms with Crippen molar-refractivity contribution < 1.29 is 15.0 Å². The lowest BCUT2D eigenvalue weighted by Gasteiger charge is -2.41. The maximum Gasteiger partial charge on any atom is 0.320 e. The van der Waals surface area contributed by atoms with Crippen molar-refractivity contribution in [3.8, 4) is 6.07 Å². The van der Waals surface area contributed by atoms with Crippen molar-refractivity contribution in [1.29, 1.82) is 5.26 Å². The smallest absolute Gasteiger partial charge is 0.320 e. The summed E-state index contributed by atoms with van der Waals surface area (Å²) in [4.78, 5) is 10.4. The Morgan fingerprint density at radius 1 is 1.77 bits per heavy atom. The molecule has 0 spiro atoms. The zero-order valence-electron chi connectivity index (χ0n) is 7.10. The summed E-state index contributed by atoms with van der Waals surface area (Å²) in [5.74, 6) is -1.26. The van der Waals surface area contributed by atoms with Crippen LogP contribution in [0.3, 0.4) is 0 Å². The van der Waals surface area contributed by atoms with Gasteiger partial charge < -0.3 is 15.9 Å². The maximum absolute atomic E-state index is 10.4. The van der Waals surface area contributed by atoms with Gasteiger partial charge in [0.05, 0.1) is 17.6 Å². The van der Waals surface area contributed by atoms with E-state index in [0.717, 1.165) is 0 Å². The van der Waals surface area contributed by atoms with E-state index >= 15 is 0 Å². The lowest BCUT2D eigenvalue weighted by atomic mass is 9.69. The third-order valence-corrected chi connectivity index (χ3v) is 2.35. The monoisotopic (exact) mass is 184 g/mol. The van der Waals surface area contributed by atoms with Gasteiger partial charge in [-0.15, -0.1) is 0 Å². The van der Waals surface area contributed by atoms with Gasteiger partial charge in [0.15, 0.2) is 0 Å². The summed E-state index contributed by atoms with van der Waals surface area (Å²) in [5.41, 5.74) is 4.23. The van der Waals surface area contributed by atoms with Crippen LogP contribution in [-0.2, 0) is 4.79 Å². The fraction of sp³-hybridized carbons (Fsp3) is 0.750. The largest absolute Gasteiger partial charge is 0.480 e. The third-order valence-electron chi connectivity index (χ3n) is 2.35. The predicted molar refractivity (Wildman–Crippen MR) is 43.5 cm³/mol. The zero-order valence-corrected chi connectivity index (χ0v) is 7.10. The summed E-state index contributed by atoms with van der Waals surface area (Å²) < 4.78 is 0. The average molecular weight is 184 g/mol. The number of hydrogen-bond acceptors (Lipinski definition) is 4. The molecule has 0 aromatic carbocycles. The minimum atomic E-state index is -1.12. The number of aliphatic hydroxyl groups is 1. The fourth-order valence-corrected chi connectivity index (χ4v) is 1.61. The Kier molecular flexibility index (Phi) is 2.55. The van der Waals surface area contributed by atoms with Crippen LogP contribution in [-0.4, -0.2) is 27.8 Å². The first-order valence-corrected chi connectivity index (χ1v) is 4.07. The number of aliphatic carboxylic acids is 1. The first kappa shape index (κ1) is 9.96. The molecule has 5 heteroatoms. The van der Waals surface area contributed by atoms with Gasteiger partial charge in [0, 0.05) is 6.42 Å². The number of carboxylic acid groups (broad SMARTS) is 1. The second-order valence-corrected chi connectivity index (χ2v) is 3.61. The molecule has 0 saturated heterocycles. The normalized spacial score (nSPS) is 34.4. The molecule has 0 aromatic rings. The Labute approximate surface area is 75.8 Å². The molecule has 1 aliphatic rings. The molecular formula is C8H12N2O3. The highest BCUT2D eigenvalue weighted by molar-refractivity contribution is 5.73. The van der Waals surface area contributed by atoms with E-state index in [2.05, 4.69) is 0 Å². The summed E-state index contributed by atoms with van der Waals surface area (Å²) in [7, 11) is 0. The molecule has 0 heterocycles. The zero-order chi connectivity index (χ0) is 10.1. The Morgan fingerprint density at radius 3 is 2.69 bits per heavy atom. The van der Waals surface area contributed by atoms with E-state index < -0.39 is 17.6 Å². The van der Waals surface area contributed by atoms with E-state index in [0.29, 0.717) is 12.8 Å². The van der Waals surface area contributed by atoms with Gasteiger partial charge in [-0.3, -0.25) is 4.79 Å². The van der Waals surface area contributed by atoms with Gasteiger partial charge in [0.2, 0.25) is 0 Å². The van der Waals surface area contributed by atoms with Crippen molar-refractivity contribution in [3.63, 3.8) is 0 Å². The van der Waals surface area contributed by atoms with E-state index in [1.54, 1.807) is 0 Å². The van der Waals surface area contributed by atoms with Crippen molar-refractivity contribution in [2.24, 2.45) is 11.7 Å². The molecule has 4 N–H and O–H groups in total. The van der Waals surface area contributed by atoms with E-state index in [1.807, 2.05) is 6.07 Å². The number of hydrogen-bond donors (Lipinski definition) is 3. The molecule has 1 fully saturated rings. The Hall–Kier alpha value is -1.12. The highest BCUT2D eigenvalue weighted by atomic mass is 16.4. The number of carboxylic acids is 1. The number of nitrogens with two attached hydrogens (primary N) is 1. The topological polar surface area (TPSA) is 107 Å². The molecule has 0 unspecified atom stereocenters. The van der Waals surface area contributed by atoms with Crippen LogP contribution in [0.4, 0.5) is 0 Å². The predicted octanol–water partition coefficient (Wildman–Crippen LogP) is -0.547. The lowest BCUT2D eigenvalue weighted by Crippen LogP contribution is -2.49. The van der Waals surface area contributed by atoms with Crippen molar-refractivity contribution in [2.45, 2.75) is 30.9 Å². The van der Waals surface area contributed by atoms with Crippen molar-refractivity contribution in [3.05, 3.63) is 0 Å². The van der Waals surface area contributed by atoms with Gasteiger partial charge in [-0.2, -0.15) is 5.26 Å². The highest BCUT2D eigenvalue weighted by Gasteiger charge is 2.44. The summed E-state index contributed by atoms with van der Waals surface area (Å²) in [6.45, 7) is 0. The summed E-state index contributed by atoms with van der Waals surface area (Å²) in [5, 5.41) is 26.6. The van der Waals surface area contributed by atoms with Crippen LogP contribution in [0.2, 0.25) is 0 Å². The van der Waals surface area contributed by atoms with Crippen LogP contribution in [0.1, 0.15) is 19.3 Å². The lowest BCUT2D eigenvalue weighted by molar-refractivity contribution is -0.142. The second kappa shape index (κ2) is 3.32. The molecule has 5 nitrogen and oxygen atoms in total. The third kappa shape index (κ3) is 2.17. The van der Waals surface area contributed by atoms with Crippen molar-refractivity contribution >= 4 is 5.97 Å². The van der Waals surface area contributed by atoms with Crippen LogP contribution >= 0.6 is 0 Å². The molecule has 0 bridgehead atoms. The van der Waals surface area contributed by atoms with E-state index in [-0.39, 0.29) is 12.3 Å². The molecule has 0 aromatic heterocycles. The van der Waals surface area contributed by atoms with Gasteiger partial charge in [0.25, 0.3) is 0 Å². The van der Waals surface area contributed by atoms with Crippen LogP contribution in [0.25, 0.3) is 0 Å². The fourth-order valence-electron chi connectivity index (χ4n) is 1.61. The highest BCUT2D eigenvalue weighted by Crippen LogP contribution is 2.40. The van der Waals surface area contributed by atoms with Gasteiger partial charge >= 0.3 is 5.97 Å².